The van der Waals surface area contributed by atoms with E-state index in [9.17, 15) is 14.4 Å². The molecule has 1 fully saturated rings. The average Bonchev–Trinajstić information content (AvgIpc) is 2.96. The van der Waals surface area contributed by atoms with Gasteiger partial charge in [0.05, 0.1) is 18.6 Å². The number of hydrogen-bond acceptors (Lipinski definition) is 6. The summed E-state index contributed by atoms with van der Waals surface area (Å²) in [4.78, 5) is 37.4. The Morgan fingerprint density at radius 1 is 1.17 bits per heavy atom. The van der Waals surface area contributed by atoms with Crippen LogP contribution in [0.3, 0.4) is 0 Å². The molecule has 10 heteroatoms. The molecule has 3 amide bonds. The van der Waals surface area contributed by atoms with E-state index in [4.69, 9.17) is 38.4 Å². The summed E-state index contributed by atoms with van der Waals surface area (Å²) in [6.07, 6.45) is 1.58. The van der Waals surface area contributed by atoms with Gasteiger partial charge in [-0.3, -0.25) is 19.3 Å². The van der Waals surface area contributed by atoms with Gasteiger partial charge in [0.15, 0.2) is 18.1 Å². The molecular weight excluding hydrogens is 451 g/mol. The molecule has 7 nitrogen and oxygen atoms in total. The molecule has 1 aliphatic heterocycles. The van der Waals surface area contributed by atoms with E-state index in [1.165, 1.54) is 7.11 Å². The normalized spacial score (nSPS) is 15.0. The molecule has 1 heterocycles. The summed E-state index contributed by atoms with van der Waals surface area (Å²) in [6, 6.07) is 9.76. The van der Waals surface area contributed by atoms with Crippen molar-refractivity contribution in [3.8, 4) is 11.5 Å². The zero-order valence-corrected chi connectivity index (χ0v) is 18.0. The van der Waals surface area contributed by atoms with E-state index in [0.717, 1.165) is 16.7 Å². The number of ether oxygens (including phenoxy) is 2. The highest BCUT2D eigenvalue weighted by molar-refractivity contribution is 8.18. The number of nitrogens with two attached hydrogens (primary N) is 1. The van der Waals surface area contributed by atoms with Gasteiger partial charge < -0.3 is 15.2 Å². The highest BCUT2D eigenvalue weighted by Gasteiger charge is 2.35. The van der Waals surface area contributed by atoms with Gasteiger partial charge in [0.2, 0.25) is 0 Å². The van der Waals surface area contributed by atoms with Crippen molar-refractivity contribution in [1.82, 2.24) is 4.90 Å². The van der Waals surface area contributed by atoms with Gasteiger partial charge in [0, 0.05) is 10.0 Å². The largest absolute Gasteiger partial charge is 0.493 e. The van der Waals surface area contributed by atoms with Crippen molar-refractivity contribution in [2.45, 2.75) is 6.54 Å². The van der Waals surface area contributed by atoms with Crippen LogP contribution in [0.1, 0.15) is 11.1 Å². The van der Waals surface area contributed by atoms with Crippen LogP contribution in [0.15, 0.2) is 41.3 Å². The Morgan fingerprint density at radius 3 is 2.60 bits per heavy atom. The van der Waals surface area contributed by atoms with E-state index in [2.05, 4.69) is 0 Å². The molecular formula is C20H16Cl2N2O5S. The van der Waals surface area contributed by atoms with Crippen molar-refractivity contribution < 1.29 is 23.9 Å². The van der Waals surface area contributed by atoms with Crippen molar-refractivity contribution in [3.05, 3.63) is 62.5 Å². The second-order valence-electron chi connectivity index (χ2n) is 6.17. The molecule has 2 aromatic carbocycles. The molecule has 3 rings (SSSR count). The first-order valence-corrected chi connectivity index (χ1v) is 10.1. The third-order valence-electron chi connectivity index (χ3n) is 4.07. The standard InChI is InChI=1S/C20H16Cl2N2O5S/c1-28-16-6-11(2-5-15(16)29-10-18(23)25)7-17-19(26)24(20(27)30-17)9-12-3-4-13(21)8-14(12)22/h2-8H,9-10H2,1H3,(H2,23,25)/b17-7-. The summed E-state index contributed by atoms with van der Waals surface area (Å²) in [5.74, 6) is -0.351. The molecule has 0 atom stereocenters. The van der Waals surface area contributed by atoms with Crippen LogP contribution in [-0.2, 0) is 16.1 Å². The van der Waals surface area contributed by atoms with Gasteiger partial charge in [-0.1, -0.05) is 35.3 Å². The second-order valence-corrected chi connectivity index (χ2v) is 8.01. The Hall–Kier alpha value is -2.68. The minimum Gasteiger partial charge on any atom is -0.493 e. The topological polar surface area (TPSA) is 98.9 Å². The van der Waals surface area contributed by atoms with Gasteiger partial charge in [-0.2, -0.15) is 0 Å². The maximum Gasteiger partial charge on any atom is 0.293 e. The van der Waals surface area contributed by atoms with E-state index in [-0.39, 0.29) is 18.1 Å². The van der Waals surface area contributed by atoms with Gasteiger partial charge in [-0.05, 0) is 53.2 Å². The molecule has 1 saturated heterocycles. The fourth-order valence-corrected chi connectivity index (χ4v) is 3.96. The maximum absolute atomic E-state index is 12.7. The van der Waals surface area contributed by atoms with Gasteiger partial charge >= 0.3 is 0 Å². The van der Waals surface area contributed by atoms with E-state index in [1.807, 2.05) is 0 Å². The smallest absolute Gasteiger partial charge is 0.293 e. The Bertz CT molecular complexity index is 1060. The molecule has 156 valence electrons. The number of carbonyl (C=O) groups is 3. The quantitative estimate of drug-likeness (QED) is 0.616. The Balaban J connectivity index is 1.80. The number of imide groups is 1. The summed E-state index contributed by atoms with van der Waals surface area (Å²) in [7, 11) is 1.44. The van der Waals surface area contributed by atoms with Gasteiger partial charge in [0.1, 0.15) is 0 Å². The fraction of sp³-hybridized carbons (Fsp3) is 0.150. The minimum absolute atomic E-state index is 0.0429. The van der Waals surface area contributed by atoms with Crippen LogP contribution >= 0.6 is 35.0 Å². The Morgan fingerprint density at radius 2 is 1.93 bits per heavy atom. The lowest BCUT2D eigenvalue weighted by atomic mass is 10.1. The third-order valence-corrected chi connectivity index (χ3v) is 5.57. The predicted molar refractivity (Wildman–Crippen MR) is 116 cm³/mol. The first-order chi connectivity index (χ1) is 14.3. The first kappa shape index (κ1) is 22.0. The summed E-state index contributed by atoms with van der Waals surface area (Å²) in [5, 5.41) is 0.447. The van der Waals surface area contributed by atoms with E-state index in [1.54, 1.807) is 42.5 Å². The number of methoxy groups -OCH3 is 1. The molecule has 1 aliphatic rings. The SMILES string of the molecule is COc1cc(/C=C2\SC(=O)N(Cc3ccc(Cl)cc3Cl)C2=O)ccc1OCC(N)=O. The number of thioether (sulfide) groups is 1. The molecule has 0 spiro atoms. The van der Waals surface area contributed by atoms with Crippen molar-refractivity contribution in [3.63, 3.8) is 0 Å². The van der Waals surface area contributed by atoms with Crippen LogP contribution in [0.2, 0.25) is 10.0 Å². The highest BCUT2D eigenvalue weighted by atomic mass is 35.5. The van der Waals surface area contributed by atoms with E-state index >= 15 is 0 Å². The molecule has 0 aromatic heterocycles. The maximum atomic E-state index is 12.7. The number of hydrogen-bond donors (Lipinski definition) is 1. The van der Waals surface area contributed by atoms with Crippen LogP contribution < -0.4 is 15.2 Å². The van der Waals surface area contributed by atoms with Crippen molar-refractivity contribution in [2.75, 3.05) is 13.7 Å². The van der Waals surface area contributed by atoms with Crippen LogP contribution in [-0.4, -0.2) is 35.7 Å². The lowest BCUT2D eigenvalue weighted by molar-refractivity contribution is -0.123. The number of carbonyl (C=O) groups excluding carboxylic acids is 3. The van der Waals surface area contributed by atoms with Gasteiger partial charge in [-0.15, -0.1) is 0 Å². The number of halogens is 2. The number of primary amides is 1. The van der Waals surface area contributed by atoms with Crippen LogP contribution in [0.5, 0.6) is 11.5 Å². The lowest BCUT2D eigenvalue weighted by Gasteiger charge is -2.13. The van der Waals surface area contributed by atoms with E-state index < -0.39 is 17.1 Å². The Kier molecular flexibility index (Phi) is 6.91. The van der Waals surface area contributed by atoms with Crippen molar-refractivity contribution in [2.24, 2.45) is 5.73 Å². The fourth-order valence-electron chi connectivity index (χ4n) is 2.65. The van der Waals surface area contributed by atoms with Gasteiger partial charge in [-0.25, -0.2) is 0 Å². The summed E-state index contributed by atoms with van der Waals surface area (Å²) in [6.45, 7) is -0.247. The summed E-state index contributed by atoms with van der Waals surface area (Å²) < 4.78 is 10.5. The van der Waals surface area contributed by atoms with E-state index in [0.29, 0.717) is 32.7 Å². The minimum atomic E-state index is -0.615. The summed E-state index contributed by atoms with van der Waals surface area (Å²) >= 11 is 12.9. The van der Waals surface area contributed by atoms with Crippen molar-refractivity contribution in [1.29, 1.82) is 0 Å². The first-order valence-electron chi connectivity index (χ1n) is 8.57. The molecule has 0 unspecified atom stereocenters. The molecule has 0 bridgehead atoms. The molecule has 30 heavy (non-hydrogen) atoms. The zero-order chi connectivity index (χ0) is 21.8. The zero-order valence-electron chi connectivity index (χ0n) is 15.7. The van der Waals surface area contributed by atoms with Gasteiger partial charge in [0.25, 0.3) is 17.1 Å². The number of nitrogens with zero attached hydrogens (tertiary/aromatic N) is 1. The molecule has 2 aromatic rings. The highest BCUT2D eigenvalue weighted by Crippen LogP contribution is 2.36. The molecule has 0 aliphatic carbocycles. The summed E-state index contributed by atoms with van der Waals surface area (Å²) in [5.41, 5.74) is 6.31. The monoisotopic (exact) mass is 466 g/mol. The average molecular weight is 467 g/mol. The number of rotatable bonds is 7. The molecule has 2 N–H and O–H groups in total. The third kappa shape index (κ3) is 5.08. The molecule has 0 radical (unpaired) electrons. The van der Waals surface area contributed by atoms with Crippen LogP contribution in [0, 0.1) is 0 Å². The number of amides is 3. The van der Waals surface area contributed by atoms with Crippen LogP contribution in [0.4, 0.5) is 4.79 Å². The van der Waals surface area contributed by atoms with Crippen LogP contribution in [0.25, 0.3) is 6.08 Å². The lowest BCUT2D eigenvalue weighted by Crippen LogP contribution is -2.27. The Labute approximate surface area is 186 Å². The molecule has 0 saturated carbocycles. The number of benzene rings is 2. The second kappa shape index (κ2) is 9.42. The van der Waals surface area contributed by atoms with Crippen molar-refractivity contribution >= 4 is 58.1 Å². The predicted octanol–water partition coefficient (Wildman–Crippen LogP) is 4.10.